The summed E-state index contributed by atoms with van der Waals surface area (Å²) in [6.07, 6.45) is 4.26. The Bertz CT molecular complexity index is 523. The summed E-state index contributed by atoms with van der Waals surface area (Å²) in [6, 6.07) is 3.81. The molecule has 1 aromatic rings. The Kier molecular flexibility index (Phi) is 8.77. The maximum Gasteiger partial charge on any atom is 0.212 e. The van der Waals surface area contributed by atoms with Crippen molar-refractivity contribution in [2.24, 2.45) is 0 Å². The highest BCUT2D eigenvalue weighted by atomic mass is 32.2. The van der Waals surface area contributed by atoms with Crippen LogP contribution >= 0.6 is 24.0 Å². The topological polar surface area (TPSA) is 83.1 Å². The van der Waals surface area contributed by atoms with Crippen molar-refractivity contribution in [2.45, 2.75) is 19.9 Å². The molecule has 0 aliphatic carbocycles. The molecule has 118 valence electrons. The third-order valence-electron chi connectivity index (χ3n) is 2.36. The molecule has 1 rings (SSSR count). The minimum absolute atomic E-state index is 0.0576. The summed E-state index contributed by atoms with van der Waals surface area (Å²) in [6.45, 7) is 2.98. The third kappa shape index (κ3) is 8.99. The molecule has 0 amide bonds. The molecule has 9 heteroatoms. The molecule has 0 saturated carbocycles. The maximum absolute atomic E-state index is 11.6. The van der Waals surface area contributed by atoms with E-state index in [1.807, 2.05) is 19.1 Å². The number of nitrogens with one attached hydrogen (secondary N) is 3. The van der Waals surface area contributed by atoms with E-state index in [1.165, 1.54) is 11.8 Å². The molecule has 0 spiro atoms. The van der Waals surface area contributed by atoms with E-state index in [9.17, 15) is 8.42 Å². The average Bonchev–Trinajstić information content (AvgIpc) is 2.46. The van der Waals surface area contributed by atoms with Crippen molar-refractivity contribution in [1.29, 1.82) is 0 Å². The Labute approximate surface area is 135 Å². The standard InChI is InChI=1S/C12H20N4O2S3/c1-2-5-15-21(17,18)8-7-20-12(19)16-14-10-11-4-3-6-13-9-11/h3-4,6,9,14-15H,2,5,7-8,10H2,1H3,(H,16,19). The fourth-order valence-electron chi connectivity index (χ4n) is 1.33. The summed E-state index contributed by atoms with van der Waals surface area (Å²) in [5.41, 5.74) is 6.86. The van der Waals surface area contributed by atoms with Gasteiger partial charge in [-0.15, -0.1) is 0 Å². The predicted molar refractivity (Wildman–Crippen MR) is 91.3 cm³/mol. The van der Waals surface area contributed by atoms with Gasteiger partial charge in [0.25, 0.3) is 0 Å². The van der Waals surface area contributed by atoms with Crippen LogP contribution in [0, 0.1) is 0 Å². The first-order valence-electron chi connectivity index (χ1n) is 6.55. The van der Waals surface area contributed by atoms with Gasteiger partial charge in [-0.3, -0.25) is 4.98 Å². The number of nitrogens with zero attached hydrogens (tertiary/aromatic N) is 1. The number of hydrazine groups is 1. The molecule has 0 bridgehead atoms. The Morgan fingerprint density at radius 3 is 2.95 bits per heavy atom. The van der Waals surface area contributed by atoms with Crippen LogP contribution in [0.2, 0.25) is 0 Å². The molecule has 3 N–H and O–H groups in total. The van der Waals surface area contributed by atoms with Gasteiger partial charge in [0.15, 0.2) is 0 Å². The number of rotatable bonds is 9. The number of sulfonamides is 1. The van der Waals surface area contributed by atoms with E-state index in [-0.39, 0.29) is 5.75 Å². The molecule has 0 aliphatic heterocycles. The molecule has 0 aromatic carbocycles. The van der Waals surface area contributed by atoms with Crippen molar-refractivity contribution in [1.82, 2.24) is 20.6 Å². The summed E-state index contributed by atoms with van der Waals surface area (Å²) < 4.78 is 26.2. The molecular weight excluding hydrogens is 328 g/mol. The summed E-state index contributed by atoms with van der Waals surface area (Å²) in [7, 11) is -3.19. The SMILES string of the molecule is CCCNS(=O)(=O)CCSC(=S)NNCc1cccnc1. The molecule has 6 nitrogen and oxygen atoms in total. The largest absolute Gasteiger partial charge is 0.306 e. The van der Waals surface area contributed by atoms with Crippen molar-refractivity contribution in [3.8, 4) is 0 Å². The molecule has 0 saturated heterocycles. The fourth-order valence-corrected chi connectivity index (χ4v) is 3.85. The maximum atomic E-state index is 11.6. The van der Waals surface area contributed by atoms with E-state index < -0.39 is 10.0 Å². The van der Waals surface area contributed by atoms with E-state index >= 15 is 0 Å². The highest BCUT2D eigenvalue weighted by Crippen LogP contribution is 2.03. The van der Waals surface area contributed by atoms with Crippen LogP contribution in [0.5, 0.6) is 0 Å². The van der Waals surface area contributed by atoms with E-state index in [0.717, 1.165) is 12.0 Å². The summed E-state index contributed by atoms with van der Waals surface area (Å²) in [5, 5.41) is 0. The van der Waals surface area contributed by atoms with Gasteiger partial charge < -0.3 is 5.43 Å². The first-order chi connectivity index (χ1) is 10.0. The van der Waals surface area contributed by atoms with Gasteiger partial charge in [-0.05, 0) is 18.1 Å². The van der Waals surface area contributed by atoms with Crippen molar-refractivity contribution in [3.05, 3.63) is 30.1 Å². The zero-order chi connectivity index (χ0) is 15.6. The van der Waals surface area contributed by atoms with Gasteiger partial charge >= 0.3 is 0 Å². The fraction of sp³-hybridized carbons (Fsp3) is 0.500. The Hall–Kier alpha value is -0.740. The van der Waals surface area contributed by atoms with Crippen molar-refractivity contribution in [3.63, 3.8) is 0 Å². The second-order valence-electron chi connectivity index (χ2n) is 4.19. The van der Waals surface area contributed by atoms with Gasteiger partial charge in [0.1, 0.15) is 4.32 Å². The number of hydrogen-bond acceptors (Lipinski definition) is 6. The summed E-state index contributed by atoms with van der Waals surface area (Å²) in [5.74, 6) is 0.474. The molecule has 0 unspecified atom stereocenters. The van der Waals surface area contributed by atoms with E-state index in [0.29, 0.717) is 23.2 Å². The van der Waals surface area contributed by atoms with Crippen LogP contribution in [0.15, 0.2) is 24.5 Å². The van der Waals surface area contributed by atoms with Crippen LogP contribution in [-0.4, -0.2) is 35.8 Å². The van der Waals surface area contributed by atoms with Crippen LogP contribution in [-0.2, 0) is 16.6 Å². The third-order valence-corrected chi connectivity index (χ3v) is 5.24. The van der Waals surface area contributed by atoms with Crippen LogP contribution in [0.4, 0.5) is 0 Å². The molecular formula is C12H20N4O2S3. The quantitative estimate of drug-likeness (QED) is 0.454. The Morgan fingerprint density at radius 2 is 2.29 bits per heavy atom. The average molecular weight is 349 g/mol. The lowest BCUT2D eigenvalue weighted by Crippen LogP contribution is -2.35. The van der Waals surface area contributed by atoms with Crippen molar-refractivity contribution in [2.75, 3.05) is 18.1 Å². The lowest BCUT2D eigenvalue weighted by molar-refractivity contribution is 0.582. The number of thiocarbonyl (C=S) groups is 1. The number of aromatic nitrogens is 1. The minimum Gasteiger partial charge on any atom is -0.306 e. The van der Waals surface area contributed by atoms with Gasteiger partial charge in [-0.25, -0.2) is 18.6 Å². The van der Waals surface area contributed by atoms with E-state index in [4.69, 9.17) is 12.2 Å². The molecule has 0 radical (unpaired) electrons. The van der Waals surface area contributed by atoms with Crippen molar-refractivity contribution < 1.29 is 8.42 Å². The zero-order valence-corrected chi connectivity index (χ0v) is 14.3. The number of hydrogen-bond donors (Lipinski definition) is 3. The van der Waals surface area contributed by atoms with Gasteiger partial charge in [0, 0.05) is 31.2 Å². The first kappa shape index (κ1) is 18.3. The van der Waals surface area contributed by atoms with Gasteiger partial charge in [0.2, 0.25) is 10.0 Å². The lowest BCUT2D eigenvalue weighted by Gasteiger charge is -2.09. The Balaban J connectivity index is 2.14. The lowest BCUT2D eigenvalue weighted by atomic mass is 10.3. The van der Waals surface area contributed by atoms with Gasteiger partial charge in [0.05, 0.1) is 5.75 Å². The smallest absolute Gasteiger partial charge is 0.212 e. The second-order valence-corrected chi connectivity index (χ2v) is 7.89. The normalized spacial score (nSPS) is 11.3. The molecule has 0 aliphatic rings. The molecule has 1 heterocycles. The molecule has 1 aromatic heterocycles. The van der Waals surface area contributed by atoms with Crippen LogP contribution in [0.1, 0.15) is 18.9 Å². The highest BCUT2D eigenvalue weighted by molar-refractivity contribution is 8.23. The molecule has 21 heavy (non-hydrogen) atoms. The molecule has 0 atom stereocenters. The van der Waals surface area contributed by atoms with E-state index in [1.54, 1.807) is 12.4 Å². The van der Waals surface area contributed by atoms with Crippen LogP contribution < -0.4 is 15.6 Å². The predicted octanol–water partition coefficient (Wildman–Crippen LogP) is 1.02. The van der Waals surface area contributed by atoms with Crippen LogP contribution in [0.25, 0.3) is 0 Å². The molecule has 0 fully saturated rings. The number of pyridine rings is 1. The zero-order valence-electron chi connectivity index (χ0n) is 11.8. The number of thioether (sulfide) groups is 1. The van der Waals surface area contributed by atoms with E-state index in [2.05, 4.69) is 20.6 Å². The van der Waals surface area contributed by atoms with Crippen LogP contribution in [0.3, 0.4) is 0 Å². The Morgan fingerprint density at radius 1 is 1.48 bits per heavy atom. The second kappa shape index (κ2) is 10.1. The minimum atomic E-state index is -3.19. The first-order valence-corrected chi connectivity index (χ1v) is 9.60. The summed E-state index contributed by atoms with van der Waals surface area (Å²) >= 11 is 6.40. The summed E-state index contributed by atoms with van der Waals surface area (Å²) in [4.78, 5) is 4.00. The highest BCUT2D eigenvalue weighted by Gasteiger charge is 2.09. The monoisotopic (exact) mass is 348 g/mol. The van der Waals surface area contributed by atoms with Gasteiger partial charge in [-0.2, -0.15) is 0 Å². The van der Waals surface area contributed by atoms with Gasteiger partial charge in [-0.1, -0.05) is 37.0 Å². The van der Waals surface area contributed by atoms with Crippen molar-refractivity contribution >= 4 is 38.3 Å².